The third-order valence-corrected chi connectivity index (χ3v) is 4.39. The first-order chi connectivity index (χ1) is 13.7. The van der Waals surface area contributed by atoms with Gasteiger partial charge in [-0.1, -0.05) is 36.4 Å². The Kier molecular flexibility index (Phi) is 7.41. The maximum absolute atomic E-state index is 12.0. The molecule has 0 unspecified atom stereocenters. The van der Waals surface area contributed by atoms with Gasteiger partial charge in [0, 0.05) is 19.6 Å². The molecule has 1 aliphatic rings. The van der Waals surface area contributed by atoms with Crippen LogP contribution in [0.15, 0.2) is 60.7 Å². The number of hydrogen-bond acceptors (Lipinski definition) is 5. The molecule has 0 aliphatic carbocycles. The molecule has 28 heavy (non-hydrogen) atoms. The van der Waals surface area contributed by atoms with Crippen LogP contribution in [0.1, 0.15) is 11.1 Å². The van der Waals surface area contributed by atoms with E-state index in [4.69, 9.17) is 9.47 Å². The lowest BCUT2D eigenvalue weighted by Crippen LogP contribution is -2.38. The second-order valence-corrected chi connectivity index (χ2v) is 6.54. The molecule has 1 fully saturated rings. The normalized spacial score (nSPS) is 15.3. The molecule has 3 rings (SSSR count). The summed E-state index contributed by atoms with van der Waals surface area (Å²) in [7, 11) is 0. The quantitative estimate of drug-likeness (QED) is 0.713. The summed E-state index contributed by atoms with van der Waals surface area (Å²) < 4.78 is 11.2. The Balaban J connectivity index is 1.49. The summed E-state index contributed by atoms with van der Waals surface area (Å²) in [5, 5.41) is 9.44. The lowest BCUT2D eigenvalue weighted by molar-refractivity contribution is -0.110. The monoisotopic (exact) mass is 379 g/mol. The SMILES string of the molecule is O=C(/C=C/c1cccc(O)c1)/C=C/c1cccc(OCCN2CCOCC2)c1. The minimum Gasteiger partial charge on any atom is -0.508 e. The first-order valence-electron chi connectivity index (χ1n) is 9.41. The zero-order chi connectivity index (χ0) is 19.6. The van der Waals surface area contributed by atoms with Gasteiger partial charge in [-0.3, -0.25) is 9.69 Å². The molecule has 0 radical (unpaired) electrons. The van der Waals surface area contributed by atoms with E-state index in [1.807, 2.05) is 30.3 Å². The third kappa shape index (κ3) is 6.68. The molecule has 2 aromatic rings. The average Bonchev–Trinajstić information content (AvgIpc) is 2.72. The van der Waals surface area contributed by atoms with Gasteiger partial charge in [-0.2, -0.15) is 0 Å². The highest BCUT2D eigenvalue weighted by atomic mass is 16.5. The Morgan fingerprint density at radius 3 is 2.43 bits per heavy atom. The molecule has 0 bridgehead atoms. The molecule has 1 aliphatic heterocycles. The number of ether oxygens (including phenoxy) is 2. The smallest absolute Gasteiger partial charge is 0.178 e. The van der Waals surface area contributed by atoms with Gasteiger partial charge < -0.3 is 14.6 Å². The molecule has 5 heteroatoms. The van der Waals surface area contributed by atoms with E-state index in [1.165, 1.54) is 12.2 Å². The zero-order valence-electron chi connectivity index (χ0n) is 15.8. The Bertz CT molecular complexity index is 838. The highest BCUT2D eigenvalue weighted by Gasteiger charge is 2.09. The Labute approximate surface area is 165 Å². The Morgan fingerprint density at radius 2 is 1.71 bits per heavy atom. The minimum atomic E-state index is -0.123. The molecule has 5 nitrogen and oxygen atoms in total. The molecule has 2 aromatic carbocycles. The molecule has 0 spiro atoms. The molecule has 1 N–H and O–H groups in total. The second-order valence-electron chi connectivity index (χ2n) is 6.54. The molecular weight excluding hydrogens is 354 g/mol. The van der Waals surface area contributed by atoms with E-state index in [0.29, 0.717) is 6.61 Å². The molecular formula is C23H25NO4. The maximum Gasteiger partial charge on any atom is 0.178 e. The third-order valence-electron chi connectivity index (χ3n) is 4.39. The van der Waals surface area contributed by atoms with E-state index in [1.54, 1.807) is 30.4 Å². The standard InChI is InChI=1S/C23H25NO4/c25-21(9-7-19-3-1-5-22(26)17-19)10-8-20-4-2-6-23(18-20)28-16-13-24-11-14-27-15-12-24/h1-10,17-18,26H,11-16H2/b9-7+,10-8+. The predicted octanol–water partition coefficient (Wildman–Crippen LogP) is 3.40. The van der Waals surface area contributed by atoms with E-state index >= 15 is 0 Å². The fourth-order valence-corrected chi connectivity index (χ4v) is 2.87. The first-order valence-corrected chi connectivity index (χ1v) is 9.41. The number of benzene rings is 2. The summed E-state index contributed by atoms with van der Waals surface area (Å²) in [6, 6.07) is 14.4. The molecule has 0 aromatic heterocycles. The van der Waals surface area contributed by atoms with Gasteiger partial charge in [0.25, 0.3) is 0 Å². The van der Waals surface area contributed by atoms with E-state index in [-0.39, 0.29) is 11.5 Å². The first kappa shape index (κ1) is 19.9. The number of phenols is 1. The van der Waals surface area contributed by atoms with Crippen molar-refractivity contribution in [2.75, 3.05) is 39.5 Å². The number of morpholine rings is 1. The number of carbonyl (C=O) groups excluding carboxylic acids is 1. The van der Waals surface area contributed by atoms with Crippen molar-refractivity contribution in [3.63, 3.8) is 0 Å². The lowest BCUT2D eigenvalue weighted by atomic mass is 10.1. The van der Waals surface area contributed by atoms with Crippen molar-refractivity contribution in [3.05, 3.63) is 71.8 Å². The fourth-order valence-electron chi connectivity index (χ4n) is 2.87. The van der Waals surface area contributed by atoms with Gasteiger partial charge in [0.05, 0.1) is 13.2 Å². The Morgan fingerprint density at radius 1 is 1.04 bits per heavy atom. The van der Waals surface area contributed by atoms with Crippen molar-refractivity contribution in [2.24, 2.45) is 0 Å². The van der Waals surface area contributed by atoms with Crippen molar-refractivity contribution in [1.82, 2.24) is 4.90 Å². The van der Waals surface area contributed by atoms with Crippen molar-refractivity contribution in [2.45, 2.75) is 0 Å². The molecule has 1 heterocycles. The fraction of sp³-hybridized carbons (Fsp3) is 0.261. The predicted molar refractivity (Wildman–Crippen MR) is 110 cm³/mol. The van der Waals surface area contributed by atoms with Crippen LogP contribution in [-0.4, -0.2) is 55.2 Å². The number of hydrogen-bond donors (Lipinski definition) is 1. The summed E-state index contributed by atoms with van der Waals surface area (Å²) in [6.07, 6.45) is 6.45. The molecule has 0 saturated carbocycles. The van der Waals surface area contributed by atoms with Crippen LogP contribution in [0.2, 0.25) is 0 Å². The Hall–Kier alpha value is -2.89. The van der Waals surface area contributed by atoms with E-state index in [9.17, 15) is 9.90 Å². The summed E-state index contributed by atoms with van der Waals surface area (Å²) in [5.41, 5.74) is 1.68. The van der Waals surface area contributed by atoms with Crippen LogP contribution in [0.25, 0.3) is 12.2 Å². The number of nitrogens with zero attached hydrogens (tertiary/aromatic N) is 1. The van der Waals surface area contributed by atoms with Crippen molar-refractivity contribution in [1.29, 1.82) is 0 Å². The van der Waals surface area contributed by atoms with Crippen LogP contribution in [0.3, 0.4) is 0 Å². The molecule has 146 valence electrons. The van der Waals surface area contributed by atoms with E-state index < -0.39 is 0 Å². The minimum absolute atomic E-state index is 0.123. The number of carbonyl (C=O) groups is 1. The zero-order valence-corrected chi connectivity index (χ0v) is 15.8. The largest absolute Gasteiger partial charge is 0.508 e. The molecule has 0 atom stereocenters. The lowest BCUT2D eigenvalue weighted by Gasteiger charge is -2.26. The van der Waals surface area contributed by atoms with Gasteiger partial charge in [0.15, 0.2) is 5.78 Å². The van der Waals surface area contributed by atoms with Gasteiger partial charge in [-0.05, 0) is 47.5 Å². The van der Waals surface area contributed by atoms with Gasteiger partial charge >= 0.3 is 0 Å². The summed E-state index contributed by atoms with van der Waals surface area (Å²) in [6.45, 7) is 4.97. The van der Waals surface area contributed by atoms with Gasteiger partial charge in [-0.25, -0.2) is 0 Å². The molecule has 0 amide bonds. The number of rotatable bonds is 8. The van der Waals surface area contributed by atoms with E-state index in [0.717, 1.165) is 49.7 Å². The summed E-state index contributed by atoms with van der Waals surface area (Å²) in [5.74, 6) is 0.843. The van der Waals surface area contributed by atoms with Crippen molar-refractivity contribution >= 4 is 17.9 Å². The van der Waals surface area contributed by atoms with Crippen LogP contribution in [0.4, 0.5) is 0 Å². The van der Waals surface area contributed by atoms with Crippen molar-refractivity contribution in [3.8, 4) is 11.5 Å². The summed E-state index contributed by atoms with van der Waals surface area (Å²) >= 11 is 0. The summed E-state index contributed by atoms with van der Waals surface area (Å²) in [4.78, 5) is 14.3. The topological polar surface area (TPSA) is 59.0 Å². The van der Waals surface area contributed by atoms with Gasteiger partial charge in [0.2, 0.25) is 0 Å². The van der Waals surface area contributed by atoms with Crippen LogP contribution < -0.4 is 4.74 Å². The van der Waals surface area contributed by atoms with Crippen LogP contribution in [-0.2, 0) is 9.53 Å². The highest BCUT2D eigenvalue weighted by Crippen LogP contribution is 2.15. The average molecular weight is 379 g/mol. The van der Waals surface area contributed by atoms with Gasteiger partial charge in [0.1, 0.15) is 18.1 Å². The van der Waals surface area contributed by atoms with Crippen molar-refractivity contribution < 1.29 is 19.4 Å². The maximum atomic E-state index is 12.0. The number of allylic oxidation sites excluding steroid dienone is 2. The number of phenolic OH excluding ortho intramolecular Hbond substituents is 1. The van der Waals surface area contributed by atoms with E-state index in [2.05, 4.69) is 4.90 Å². The number of ketones is 1. The van der Waals surface area contributed by atoms with Crippen LogP contribution in [0, 0.1) is 0 Å². The highest BCUT2D eigenvalue weighted by molar-refractivity contribution is 6.04. The van der Waals surface area contributed by atoms with Gasteiger partial charge in [-0.15, -0.1) is 0 Å². The number of aromatic hydroxyl groups is 1. The molecule has 1 saturated heterocycles. The van der Waals surface area contributed by atoms with Crippen LogP contribution in [0.5, 0.6) is 11.5 Å². The second kappa shape index (κ2) is 10.4. The van der Waals surface area contributed by atoms with Crippen LogP contribution >= 0.6 is 0 Å².